The van der Waals surface area contributed by atoms with Gasteiger partial charge in [-0.15, -0.1) is 0 Å². The maximum Gasteiger partial charge on any atom is 0.302 e. The molecule has 0 saturated carbocycles. The van der Waals surface area contributed by atoms with Gasteiger partial charge < -0.3 is 14.7 Å². The lowest BCUT2D eigenvalue weighted by molar-refractivity contribution is -0.126. The van der Waals surface area contributed by atoms with Crippen molar-refractivity contribution in [2.45, 2.75) is 10.0 Å². The van der Waals surface area contributed by atoms with Crippen LogP contribution >= 0.6 is 23.2 Å². The number of carbonyl (C=O) groups is 1. The van der Waals surface area contributed by atoms with Crippen molar-refractivity contribution in [2.24, 2.45) is 5.73 Å². The summed E-state index contributed by atoms with van der Waals surface area (Å²) in [5.74, 6) is -2.58. The van der Waals surface area contributed by atoms with Crippen LogP contribution in [0.1, 0.15) is 11.1 Å². The summed E-state index contributed by atoms with van der Waals surface area (Å²) in [5, 5.41) is 0.307. The molecule has 1 atom stereocenters. The molecule has 12 heteroatoms. The topological polar surface area (TPSA) is 95.7 Å². The molecular weight excluding hydrogens is 434 g/mol. The summed E-state index contributed by atoms with van der Waals surface area (Å²) in [6.45, 7) is 0. The van der Waals surface area contributed by atoms with E-state index in [0.29, 0.717) is 0 Å². The van der Waals surface area contributed by atoms with Crippen molar-refractivity contribution < 1.29 is 22.1 Å². The summed E-state index contributed by atoms with van der Waals surface area (Å²) in [6.07, 6.45) is 0. The zero-order chi connectivity index (χ0) is 21.6. The Labute approximate surface area is 181 Å². The molecular formula is C17H10B3Cl2NO5S. The Morgan fingerprint density at radius 1 is 1.07 bits per heavy atom. The zero-order valence-corrected chi connectivity index (χ0v) is 17.0. The van der Waals surface area contributed by atoms with E-state index in [-0.39, 0.29) is 21.2 Å². The molecule has 1 heterocycles. The van der Waals surface area contributed by atoms with Crippen molar-refractivity contribution in [1.29, 1.82) is 0 Å². The molecule has 6 nitrogen and oxygen atoms in total. The van der Waals surface area contributed by atoms with Gasteiger partial charge in [0.2, 0.25) is 17.4 Å². The maximum absolute atomic E-state index is 12.8. The summed E-state index contributed by atoms with van der Waals surface area (Å²) in [6, 6.07) is 11.5. The second-order valence-corrected chi connectivity index (χ2v) is 8.75. The monoisotopic (exact) mass is 443 g/mol. The first-order valence-corrected chi connectivity index (χ1v) is 10.1. The molecule has 0 saturated heterocycles. The Balaban J connectivity index is 1.95. The molecule has 0 spiro atoms. The third kappa shape index (κ3) is 3.65. The van der Waals surface area contributed by atoms with Crippen molar-refractivity contribution in [2.75, 3.05) is 0 Å². The fourth-order valence-corrected chi connectivity index (χ4v) is 3.80. The molecule has 3 rings (SSSR count). The summed E-state index contributed by atoms with van der Waals surface area (Å²) < 4.78 is 33.0. The molecule has 0 bridgehead atoms. The van der Waals surface area contributed by atoms with Gasteiger partial charge in [0.1, 0.15) is 7.85 Å². The minimum Gasteiger partial charge on any atom is -0.467 e. The highest BCUT2D eigenvalue weighted by Crippen LogP contribution is 2.39. The molecule has 0 amide bonds. The number of nitrogens with two attached hydrogens (primary N) is 1. The Morgan fingerprint density at radius 3 is 2.28 bits per heavy atom. The highest BCUT2D eigenvalue weighted by molar-refractivity contribution is 7.90. The largest absolute Gasteiger partial charge is 0.467 e. The van der Waals surface area contributed by atoms with E-state index in [1.54, 1.807) is 6.07 Å². The number of Topliss-reactive ketones (excluding diaryl/α,β-unsaturated/α-hetero) is 1. The van der Waals surface area contributed by atoms with Gasteiger partial charge in [-0.25, -0.2) is 0 Å². The number of ketones is 1. The summed E-state index contributed by atoms with van der Waals surface area (Å²) >= 11 is 11.8. The molecule has 0 aromatic heterocycles. The van der Waals surface area contributed by atoms with Crippen molar-refractivity contribution >= 4 is 62.6 Å². The molecule has 29 heavy (non-hydrogen) atoms. The van der Waals surface area contributed by atoms with Crippen LogP contribution in [-0.2, 0) is 33.9 Å². The second-order valence-electron chi connectivity index (χ2n) is 6.19. The number of benzene rings is 2. The Morgan fingerprint density at radius 2 is 1.69 bits per heavy atom. The van der Waals surface area contributed by atoms with Gasteiger partial charge in [0.25, 0.3) is 0 Å². The lowest BCUT2D eigenvalue weighted by atomic mass is 9.65. The third-order valence-electron chi connectivity index (χ3n) is 4.22. The van der Waals surface area contributed by atoms with Crippen LogP contribution in [0, 0.1) is 0 Å². The fraction of sp³-hybridized carbons (Fsp3) is 0.118. The average molecular weight is 444 g/mol. The number of rotatable bonds is 5. The summed E-state index contributed by atoms with van der Waals surface area (Å²) in [4.78, 5) is 12.8. The predicted octanol–water partition coefficient (Wildman–Crippen LogP) is 1.54. The molecule has 1 aliphatic rings. The van der Waals surface area contributed by atoms with Crippen LogP contribution in [0.5, 0.6) is 0 Å². The lowest BCUT2D eigenvalue weighted by Gasteiger charge is -2.26. The van der Waals surface area contributed by atoms with Crippen LogP contribution < -0.4 is 5.73 Å². The zero-order valence-electron chi connectivity index (χ0n) is 14.6. The van der Waals surface area contributed by atoms with Crippen LogP contribution in [0.4, 0.5) is 0 Å². The van der Waals surface area contributed by atoms with Crippen molar-refractivity contribution in [3.8, 4) is 0 Å². The van der Waals surface area contributed by atoms with Gasteiger partial charge in [0.15, 0.2) is 5.50 Å². The highest BCUT2D eigenvalue weighted by atomic mass is 35.5. The first kappa shape index (κ1) is 21.7. The summed E-state index contributed by atoms with van der Waals surface area (Å²) in [5.41, 5.74) is 3.58. The van der Waals surface area contributed by atoms with E-state index in [2.05, 4.69) is 0 Å². The van der Waals surface area contributed by atoms with Gasteiger partial charge in [-0.2, -0.15) is 8.42 Å². The highest BCUT2D eigenvalue weighted by Gasteiger charge is 2.50. The number of hydrogen-bond acceptors (Lipinski definition) is 6. The lowest BCUT2D eigenvalue weighted by Crippen LogP contribution is -2.40. The van der Waals surface area contributed by atoms with E-state index < -0.39 is 37.6 Å². The molecule has 2 aromatic rings. The standard InChI is InChI=1S/C17H10B3Cl2NO5S/c18-16(10-6-7-11(21)12(22)8-10)14(24)13(15(23)27-16)28-29(25,26)17(19,20)9-4-2-1-3-5-9/h1-8H,23H2/t16-/m0/s1. The molecule has 2 aromatic carbocycles. The predicted molar refractivity (Wildman–Crippen MR) is 111 cm³/mol. The van der Waals surface area contributed by atoms with Gasteiger partial charge in [-0.05, 0) is 23.3 Å². The molecule has 0 fully saturated rings. The SMILES string of the molecule is [B]C([B])(c1ccccc1)S(=O)(=O)OC1=C(N)O[C@@]([B])(c2ccc(Cl)c(Cl)c2)C1=O. The van der Waals surface area contributed by atoms with Crippen LogP contribution in [0.15, 0.2) is 60.2 Å². The second kappa shape index (κ2) is 7.34. The van der Waals surface area contributed by atoms with E-state index in [4.69, 9.17) is 61.4 Å². The van der Waals surface area contributed by atoms with Gasteiger partial charge >= 0.3 is 10.1 Å². The smallest absolute Gasteiger partial charge is 0.302 e. The van der Waals surface area contributed by atoms with Gasteiger partial charge in [-0.3, -0.25) is 4.79 Å². The van der Waals surface area contributed by atoms with Gasteiger partial charge in [-0.1, -0.05) is 59.6 Å². The molecule has 142 valence electrons. The number of carbonyl (C=O) groups excluding carboxylic acids is 1. The molecule has 6 radical (unpaired) electrons. The van der Waals surface area contributed by atoms with Crippen LogP contribution in [0.3, 0.4) is 0 Å². The first-order valence-electron chi connectivity index (χ1n) is 7.95. The number of ether oxygens (including phenoxy) is 1. The molecule has 0 unspecified atom stereocenters. The minimum atomic E-state index is -4.80. The van der Waals surface area contributed by atoms with E-state index in [1.807, 2.05) is 0 Å². The quantitative estimate of drug-likeness (QED) is 0.556. The van der Waals surface area contributed by atoms with Crippen LogP contribution in [0.2, 0.25) is 10.0 Å². The molecule has 1 aliphatic heterocycles. The first-order chi connectivity index (χ1) is 13.4. The van der Waals surface area contributed by atoms with Gasteiger partial charge in [0.05, 0.1) is 30.3 Å². The maximum atomic E-state index is 12.8. The number of halogens is 2. The van der Waals surface area contributed by atoms with E-state index in [9.17, 15) is 13.2 Å². The summed E-state index contributed by atoms with van der Waals surface area (Å²) in [7, 11) is 12.8. The van der Waals surface area contributed by atoms with E-state index in [0.717, 1.165) is 0 Å². The van der Waals surface area contributed by atoms with Crippen molar-refractivity contribution in [1.82, 2.24) is 0 Å². The van der Waals surface area contributed by atoms with Gasteiger partial charge in [0, 0.05) is 0 Å². The van der Waals surface area contributed by atoms with Crippen molar-refractivity contribution in [3.05, 3.63) is 81.3 Å². The fourth-order valence-electron chi connectivity index (χ4n) is 2.56. The van der Waals surface area contributed by atoms with E-state index in [1.165, 1.54) is 42.5 Å². The normalized spacial score (nSPS) is 19.9. The van der Waals surface area contributed by atoms with E-state index >= 15 is 0 Å². The number of hydrogen-bond donors (Lipinski definition) is 1. The molecule has 0 aliphatic carbocycles. The van der Waals surface area contributed by atoms with Crippen LogP contribution in [0.25, 0.3) is 0 Å². The van der Waals surface area contributed by atoms with Crippen molar-refractivity contribution in [3.63, 3.8) is 0 Å². The third-order valence-corrected chi connectivity index (χ3v) is 6.41. The van der Waals surface area contributed by atoms with Crippen LogP contribution in [-0.4, -0.2) is 37.7 Å². The average Bonchev–Trinajstić information content (AvgIpc) is 2.88. The molecule has 2 N–H and O–H groups in total. The minimum absolute atomic E-state index is 0.0223. The Kier molecular flexibility index (Phi) is 5.49. The Bertz CT molecular complexity index is 1130. The Hall–Kier alpha value is -2.03.